The zero-order chi connectivity index (χ0) is 17.5. The number of para-hydroxylation sites is 1. The standard InChI is InChI=1S/C20H25N3OS/c1-2-23-14-6-7-17(23)15-21-20(25)22-16-10-12-19(13-11-16)24-18-8-4-3-5-9-18/h3-5,8-13,17H,2,6-7,14-15H2,1H3,(H2,21,22,25)/t17-/m0/s1. The Kier molecular flexibility index (Phi) is 6.25. The van der Waals surface area contributed by atoms with Gasteiger partial charge in [0.1, 0.15) is 11.5 Å². The van der Waals surface area contributed by atoms with Crippen LogP contribution in [0.15, 0.2) is 54.6 Å². The highest BCUT2D eigenvalue weighted by Crippen LogP contribution is 2.22. The van der Waals surface area contributed by atoms with Crippen molar-refractivity contribution in [1.29, 1.82) is 0 Å². The van der Waals surface area contributed by atoms with E-state index in [1.54, 1.807) is 0 Å². The molecule has 1 heterocycles. The van der Waals surface area contributed by atoms with Crippen LogP contribution >= 0.6 is 12.2 Å². The van der Waals surface area contributed by atoms with Gasteiger partial charge in [0.2, 0.25) is 0 Å². The van der Waals surface area contributed by atoms with Crippen molar-refractivity contribution in [3.05, 3.63) is 54.6 Å². The van der Waals surface area contributed by atoms with Crippen molar-refractivity contribution in [3.63, 3.8) is 0 Å². The minimum Gasteiger partial charge on any atom is -0.457 e. The Morgan fingerprint density at radius 2 is 1.84 bits per heavy atom. The summed E-state index contributed by atoms with van der Waals surface area (Å²) in [5.74, 6) is 1.64. The molecule has 0 aliphatic carbocycles. The summed E-state index contributed by atoms with van der Waals surface area (Å²) in [5, 5.41) is 7.24. The second-order valence-electron chi connectivity index (χ2n) is 6.20. The Balaban J connectivity index is 1.47. The van der Waals surface area contributed by atoms with Gasteiger partial charge in [0.25, 0.3) is 0 Å². The number of likely N-dealkylation sites (tertiary alicyclic amines) is 1. The van der Waals surface area contributed by atoms with E-state index in [1.807, 2.05) is 54.6 Å². The third-order valence-electron chi connectivity index (χ3n) is 4.49. The minimum atomic E-state index is 0.589. The Morgan fingerprint density at radius 1 is 1.12 bits per heavy atom. The maximum atomic E-state index is 5.80. The van der Waals surface area contributed by atoms with E-state index in [-0.39, 0.29) is 0 Å². The molecule has 0 unspecified atom stereocenters. The van der Waals surface area contributed by atoms with Gasteiger partial charge in [-0.3, -0.25) is 4.90 Å². The highest BCUT2D eigenvalue weighted by atomic mass is 32.1. The van der Waals surface area contributed by atoms with Crippen molar-refractivity contribution < 1.29 is 4.74 Å². The predicted octanol–water partition coefficient (Wildman–Crippen LogP) is 4.25. The second kappa shape index (κ2) is 8.83. The molecule has 2 aromatic rings. The fourth-order valence-electron chi connectivity index (χ4n) is 3.16. The minimum absolute atomic E-state index is 0.589. The molecule has 132 valence electrons. The zero-order valence-corrected chi connectivity index (χ0v) is 15.4. The van der Waals surface area contributed by atoms with E-state index in [0.29, 0.717) is 11.2 Å². The fourth-order valence-corrected chi connectivity index (χ4v) is 3.36. The van der Waals surface area contributed by atoms with Gasteiger partial charge in [0.15, 0.2) is 5.11 Å². The smallest absolute Gasteiger partial charge is 0.170 e. The van der Waals surface area contributed by atoms with Gasteiger partial charge in [0.05, 0.1) is 0 Å². The number of thiocarbonyl (C=S) groups is 1. The molecular weight excluding hydrogens is 330 g/mol. The molecule has 1 aliphatic rings. The van der Waals surface area contributed by atoms with E-state index in [9.17, 15) is 0 Å². The Hall–Kier alpha value is -2.11. The Bertz CT molecular complexity index is 675. The van der Waals surface area contributed by atoms with Gasteiger partial charge in [-0.05, 0) is 74.5 Å². The monoisotopic (exact) mass is 355 g/mol. The largest absolute Gasteiger partial charge is 0.457 e. The highest BCUT2D eigenvalue weighted by molar-refractivity contribution is 7.80. The van der Waals surface area contributed by atoms with Crippen LogP contribution < -0.4 is 15.4 Å². The van der Waals surface area contributed by atoms with Gasteiger partial charge in [0, 0.05) is 18.3 Å². The number of nitrogens with zero attached hydrogens (tertiary/aromatic N) is 1. The van der Waals surface area contributed by atoms with Crippen molar-refractivity contribution in [2.45, 2.75) is 25.8 Å². The number of nitrogens with one attached hydrogen (secondary N) is 2. The number of hydrogen-bond acceptors (Lipinski definition) is 3. The first kappa shape index (κ1) is 17.7. The third-order valence-corrected chi connectivity index (χ3v) is 4.74. The molecule has 0 aromatic heterocycles. The summed E-state index contributed by atoms with van der Waals surface area (Å²) in [7, 11) is 0. The van der Waals surface area contributed by atoms with Crippen LogP contribution in [0, 0.1) is 0 Å². The summed E-state index contributed by atoms with van der Waals surface area (Å²) in [6.07, 6.45) is 2.53. The van der Waals surface area contributed by atoms with Crippen LogP contribution in [-0.2, 0) is 0 Å². The fraction of sp³-hybridized carbons (Fsp3) is 0.350. The van der Waals surface area contributed by atoms with E-state index >= 15 is 0 Å². The van der Waals surface area contributed by atoms with Crippen molar-refractivity contribution in [1.82, 2.24) is 10.2 Å². The Morgan fingerprint density at radius 3 is 2.56 bits per heavy atom. The summed E-state index contributed by atoms with van der Waals surface area (Å²) >= 11 is 5.41. The van der Waals surface area contributed by atoms with E-state index in [1.165, 1.54) is 19.4 Å². The average Bonchev–Trinajstić information content (AvgIpc) is 3.10. The van der Waals surface area contributed by atoms with E-state index in [0.717, 1.165) is 30.3 Å². The number of anilines is 1. The van der Waals surface area contributed by atoms with Gasteiger partial charge in [-0.1, -0.05) is 25.1 Å². The van der Waals surface area contributed by atoms with Crippen LogP contribution in [0.25, 0.3) is 0 Å². The predicted molar refractivity (Wildman–Crippen MR) is 107 cm³/mol. The number of ether oxygens (including phenoxy) is 1. The summed E-state index contributed by atoms with van der Waals surface area (Å²) in [4.78, 5) is 2.51. The number of hydrogen-bond donors (Lipinski definition) is 2. The van der Waals surface area contributed by atoms with Gasteiger partial charge in [-0.15, -0.1) is 0 Å². The van der Waals surface area contributed by atoms with Crippen molar-refractivity contribution in [3.8, 4) is 11.5 Å². The molecule has 1 atom stereocenters. The second-order valence-corrected chi connectivity index (χ2v) is 6.61. The van der Waals surface area contributed by atoms with Crippen LogP contribution in [-0.4, -0.2) is 35.7 Å². The van der Waals surface area contributed by atoms with E-state index in [4.69, 9.17) is 17.0 Å². The summed E-state index contributed by atoms with van der Waals surface area (Å²) in [6, 6.07) is 18.2. The number of likely N-dealkylation sites (N-methyl/N-ethyl adjacent to an activating group) is 1. The molecule has 25 heavy (non-hydrogen) atoms. The lowest BCUT2D eigenvalue weighted by Crippen LogP contribution is -2.41. The van der Waals surface area contributed by atoms with Crippen molar-refractivity contribution >= 4 is 23.0 Å². The van der Waals surface area contributed by atoms with Crippen LogP contribution in [0.5, 0.6) is 11.5 Å². The van der Waals surface area contributed by atoms with Gasteiger partial charge in [-0.25, -0.2) is 0 Å². The summed E-state index contributed by atoms with van der Waals surface area (Å²) < 4.78 is 5.80. The van der Waals surface area contributed by atoms with E-state index < -0.39 is 0 Å². The maximum Gasteiger partial charge on any atom is 0.170 e. The molecule has 0 radical (unpaired) electrons. The van der Waals surface area contributed by atoms with Crippen molar-refractivity contribution in [2.24, 2.45) is 0 Å². The third kappa shape index (κ3) is 5.18. The molecule has 2 N–H and O–H groups in total. The van der Waals surface area contributed by atoms with Gasteiger partial charge < -0.3 is 15.4 Å². The number of benzene rings is 2. The van der Waals surface area contributed by atoms with Crippen molar-refractivity contribution in [2.75, 3.05) is 25.0 Å². The molecule has 2 aromatic carbocycles. The molecule has 4 nitrogen and oxygen atoms in total. The summed E-state index contributed by atoms with van der Waals surface area (Å²) in [6.45, 7) is 5.42. The van der Waals surface area contributed by atoms with Gasteiger partial charge >= 0.3 is 0 Å². The normalized spacial score (nSPS) is 17.2. The molecular formula is C20H25N3OS. The van der Waals surface area contributed by atoms with Gasteiger partial charge in [-0.2, -0.15) is 0 Å². The highest BCUT2D eigenvalue weighted by Gasteiger charge is 2.22. The molecule has 0 saturated carbocycles. The number of rotatable bonds is 6. The Labute approximate surface area is 155 Å². The topological polar surface area (TPSA) is 36.5 Å². The molecule has 0 bridgehead atoms. The lowest BCUT2D eigenvalue weighted by atomic mass is 10.2. The van der Waals surface area contributed by atoms with E-state index in [2.05, 4.69) is 22.5 Å². The first-order valence-corrected chi connectivity index (χ1v) is 9.27. The van der Waals surface area contributed by atoms with Crippen LogP contribution in [0.1, 0.15) is 19.8 Å². The SMILES string of the molecule is CCN1CCC[C@H]1CNC(=S)Nc1ccc(Oc2ccccc2)cc1. The first-order chi connectivity index (χ1) is 12.2. The molecule has 0 spiro atoms. The molecule has 1 saturated heterocycles. The molecule has 1 fully saturated rings. The molecule has 1 aliphatic heterocycles. The summed E-state index contributed by atoms with van der Waals surface area (Å²) in [5.41, 5.74) is 0.955. The lowest BCUT2D eigenvalue weighted by molar-refractivity contribution is 0.267. The molecule has 0 amide bonds. The van der Waals surface area contributed by atoms with Crippen LogP contribution in [0.3, 0.4) is 0 Å². The zero-order valence-electron chi connectivity index (χ0n) is 14.6. The lowest BCUT2D eigenvalue weighted by Gasteiger charge is -2.23. The quantitative estimate of drug-likeness (QED) is 0.758. The van der Waals surface area contributed by atoms with Crippen LogP contribution in [0.4, 0.5) is 5.69 Å². The molecule has 3 rings (SSSR count). The van der Waals surface area contributed by atoms with Crippen LogP contribution in [0.2, 0.25) is 0 Å². The molecule has 5 heteroatoms. The first-order valence-electron chi connectivity index (χ1n) is 8.86. The maximum absolute atomic E-state index is 5.80. The average molecular weight is 356 g/mol.